The van der Waals surface area contributed by atoms with Gasteiger partial charge < -0.3 is 20.1 Å². The monoisotopic (exact) mass is 378 g/mol. The Morgan fingerprint density at radius 1 is 1.22 bits per heavy atom. The van der Waals surface area contributed by atoms with Crippen molar-refractivity contribution in [2.24, 2.45) is 0 Å². The summed E-state index contributed by atoms with van der Waals surface area (Å²) >= 11 is 0. The van der Waals surface area contributed by atoms with Crippen LogP contribution in [0, 0.1) is 0 Å². The SMILES string of the molecule is CCOc1cc(C=CC(=O)NCCNc2ncccn2)ccc1OC(F)F. The number of nitrogens with one attached hydrogen (secondary N) is 2. The Morgan fingerprint density at radius 3 is 2.70 bits per heavy atom. The molecule has 0 aliphatic rings. The summed E-state index contributed by atoms with van der Waals surface area (Å²) in [6.45, 7) is -0.0571. The van der Waals surface area contributed by atoms with Crippen LogP contribution in [0.5, 0.6) is 11.5 Å². The summed E-state index contributed by atoms with van der Waals surface area (Å²) in [5.74, 6) is 0.323. The molecule has 0 saturated carbocycles. The average Bonchev–Trinajstić information content (AvgIpc) is 2.66. The van der Waals surface area contributed by atoms with E-state index in [9.17, 15) is 13.6 Å². The molecule has 0 bridgehead atoms. The molecule has 1 aromatic carbocycles. The lowest BCUT2D eigenvalue weighted by Gasteiger charge is -2.11. The molecular weight excluding hydrogens is 358 g/mol. The van der Waals surface area contributed by atoms with Crippen LogP contribution in [-0.4, -0.2) is 42.2 Å². The molecule has 0 aliphatic carbocycles. The summed E-state index contributed by atoms with van der Waals surface area (Å²) in [5.41, 5.74) is 0.617. The third-order valence-corrected chi connectivity index (χ3v) is 3.18. The first-order chi connectivity index (χ1) is 13.1. The van der Waals surface area contributed by atoms with Crippen LogP contribution < -0.4 is 20.1 Å². The highest BCUT2D eigenvalue weighted by Crippen LogP contribution is 2.30. The minimum Gasteiger partial charge on any atom is -0.490 e. The van der Waals surface area contributed by atoms with Crippen molar-refractivity contribution in [3.05, 3.63) is 48.3 Å². The first-order valence-electron chi connectivity index (χ1n) is 8.27. The fourth-order valence-electron chi connectivity index (χ4n) is 2.07. The molecule has 0 saturated heterocycles. The minimum absolute atomic E-state index is 0.0531. The number of hydrogen-bond donors (Lipinski definition) is 2. The first-order valence-corrected chi connectivity index (χ1v) is 8.27. The number of halogens is 2. The zero-order valence-electron chi connectivity index (χ0n) is 14.7. The van der Waals surface area contributed by atoms with Gasteiger partial charge >= 0.3 is 6.61 Å². The Bertz CT molecular complexity index is 758. The van der Waals surface area contributed by atoms with Gasteiger partial charge in [-0.3, -0.25) is 4.79 Å². The van der Waals surface area contributed by atoms with E-state index < -0.39 is 6.61 Å². The highest BCUT2D eigenvalue weighted by Gasteiger charge is 2.11. The number of alkyl halides is 2. The minimum atomic E-state index is -2.94. The lowest BCUT2D eigenvalue weighted by Crippen LogP contribution is -2.27. The molecule has 1 aromatic heterocycles. The van der Waals surface area contributed by atoms with Crippen molar-refractivity contribution in [3.63, 3.8) is 0 Å². The van der Waals surface area contributed by atoms with E-state index in [4.69, 9.17) is 4.74 Å². The van der Waals surface area contributed by atoms with Crippen LogP contribution in [0.25, 0.3) is 6.08 Å². The maximum absolute atomic E-state index is 12.4. The number of hydrogen-bond acceptors (Lipinski definition) is 6. The number of aromatic nitrogens is 2. The van der Waals surface area contributed by atoms with E-state index in [0.717, 1.165) is 0 Å². The van der Waals surface area contributed by atoms with Gasteiger partial charge in [0.25, 0.3) is 0 Å². The van der Waals surface area contributed by atoms with Crippen molar-refractivity contribution < 1.29 is 23.0 Å². The maximum Gasteiger partial charge on any atom is 0.387 e. The molecule has 144 valence electrons. The Morgan fingerprint density at radius 2 is 2.00 bits per heavy atom. The van der Waals surface area contributed by atoms with Gasteiger partial charge in [-0.2, -0.15) is 8.78 Å². The van der Waals surface area contributed by atoms with E-state index in [1.54, 1.807) is 37.5 Å². The van der Waals surface area contributed by atoms with E-state index >= 15 is 0 Å². The maximum atomic E-state index is 12.4. The number of ether oxygens (including phenoxy) is 2. The van der Waals surface area contributed by atoms with Crippen molar-refractivity contribution in [2.75, 3.05) is 25.0 Å². The quantitative estimate of drug-likeness (QED) is 0.488. The number of carbonyl (C=O) groups excluding carboxylic acids is 1. The van der Waals surface area contributed by atoms with Gasteiger partial charge in [-0.1, -0.05) is 6.07 Å². The number of amides is 1. The summed E-state index contributed by atoms with van der Waals surface area (Å²) in [6.07, 6.45) is 6.13. The van der Waals surface area contributed by atoms with Crippen LogP contribution in [0.15, 0.2) is 42.7 Å². The lowest BCUT2D eigenvalue weighted by atomic mass is 10.2. The van der Waals surface area contributed by atoms with Crippen LogP contribution in [-0.2, 0) is 4.79 Å². The second-order valence-corrected chi connectivity index (χ2v) is 5.14. The zero-order chi connectivity index (χ0) is 19.5. The molecule has 7 nitrogen and oxygen atoms in total. The van der Waals surface area contributed by atoms with Crippen LogP contribution in [0.3, 0.4) is 0 Å². The molecule has 0 fully saturated rings. The van der Waals surface area contributed by atoms with Gasteiger partial charge in [0.1, 0.15) is 0 Å². The zero-order valence-corrected chi connectivity index (χ0v) is 14.7. The molecule has 0 radical (unpaired) electrons. The molecule has 0 aliphatic heterocycles. The third-order valence-electron chi connectivity index (χ3n) is 3.18. The topological polar surface area (TPSA) is 85.4 Å². The van der Waals surface area contributed by atoms with Crippen molar-refractivity contribution in [1.82, 2.24) is 15.3 Å². The van der Waals surface area contributed by atoms with E-state index in [2.05, 4.69) is 25.3 Å². The molecule has 0 unspecified atom stereocenters. The second-order valence-electron chi connectivity index (χ2n) is 5.14. The predicted octanol–water partition coefficient (Wildman–Crippen LogP) is 2.72. The molecule has 2 aromatic rings. The van der Waals surface area contributed by atoms with Crippen LogP contribution >= 0.6 is 0 Å². The molecule has 1 amide bonds. The highest BCUT2D eigenvalue weighted by molar-refractivity contribution is 5.91. The van der Waals surface area contributed by atoms with Crippen molar-refractivity contribution >= 4 is 17.9 Å². The molecule has 0 atom stereocenters. The normalized spacial score (nSPS) is 10.8. The second kappa shape index (κ2) is 10.7. The van der Waals surface area contributed by atoms with Gasteiger partial charge in [-0.05, 0) is 36.8 Å². The van der Waals surface area contributed by atoms with Gasteiger partial charge in [0.05, 0.1) is 6.61 Å². The van der Waals surface area contributed by atoms with Crippen molar-refractivity contribution in [2.45, 2.75) is 13.5 Å². The summed E-state index contributed by atoms with van der Waals surface area (Å²) in [7, 11) is 0. The van der Waals surface area contributed by atoms with E-state index in [0.29, 0.717) is 31.2 Å². The fourth-order valence-corrected chi connectivity index (χ4v) is 2.07. The summed E-state index contributed by atoms with van der Waals surface area (Å²) in [5, 5.41) is 5.67. The van der Waals surface area contributed by atoms with E-state index in [1.807, 2.05) is 0 Å². The highest BCUT2D eigenvalue weighted by atomic mass is 19.3. The fraction of sp³-hybridized carbons (Fsp3) is 0.278. The number of anilines is 1. The van der Waals surface area contributed by atoms with Gasteiger partial charge in [0.15, 0.2) is 11.5 Å². The van der Waals surface area contributed by atoms with E-state index in [1.165, 1.54) is 18.2 Å². The van der Waals surface area contributed by atoms with Crippen molar-refractivity contribution in [1.29, 1.82) is 0 Å². The van der Waals surface area contributed by atoms with Crippen LogP contribution in [0.1, 0.15) is 12.5 Å². The molecule has 1 heterocycles. The molecular formula is C18H20F2N4O3. The summed E-state index contributed by atoms with van der Waals surface area (Å²) < 4.78 is 34.5. The van der Waals surface area contributed by atoms with Gasteiger partial charge in [-0.15, -0.1) is 0 Å². The Hall–Kier alpha value is -3.23. The molecule has 9 heteroatoms. The summed E-state index contributed by atoms with van der Waals surface area (Å²) in [4.78, 5) is 19.8. The van der Waals surface area contributed by atoms with E-state index in [-0.39, 0.29) is 17.4 Å². The predicted molar refractivity (Wildman–Crippen MR) is 96.8 cm³/mol. The Kier molecular flexibility index (Phi) is 7.95. The molecule has 27 heavy (non-hydrogen) atoms. The number of benzene rings is 1. The third kappa shape index (κ3) is 7.27. The van der Waals surface area contributed by atoms with Gasteiger partial charge in [0, 0.05) is 31.6 Å². The number of nitrogens with zero attached hydrogens (tertiary/aromatic N) is 2. The Balaban J connectivity index is 1.84. The van der Waals surface area contributed by atoms with Crippen LogP contribution in [0.2, 0.25) is 0 Å². The first kappa shape index (κ1) is 20.1. The van der Waals surface area contributed by atoms with Gasteiger partial charge in [0.2, 0.25) is 11.9 Å². The molecule has 0 spiro atoms. The Labute approximate surface area is 155 Å². The average molecular weight is 378 g/mol. The smallest absolute Gasteiger partial charge is 0.387 e. The number of rotatable bonds is 10. The molecule has 2 rings (SSSR count). The molecule has 2 N–H and O–H groups in total. The number of carbonyl (C=O) groups is 1. The van der Waals surface area contributed by atoms with Crippen LogP contribution in [0.4, 0.5) is 14.7 Å². The summed E-state index contributed by atoms with van der Waals surface area (Å²) in [6, 6.07) is 6.16. The van der Waals surface area contributed by atoms with Gasteiger partial charge in [-0.25, -0.2) is 9.97 Å². The standard InChI is InChI=1S/C18H20F2N4O3/c1-2-26-15-12-13(4-6-14(15)27-17(19)20)5-7-16(25)21-10-11-24-18-22-8-3-9-23-18/h3-9,12,17H,2,10-11H2,1H3,(H,21,25)(H,22,23,24). The largest absolute Gasteiger partial charge is 0.490 e. The van der Waals surface area contributed by atoms with Crippen molar-refractivity contribution in [3.8, 4) is 11.5 Å². The lowest BCUT2D eigenvalue weighted by molar-refractivity contribution is -0.116.